The lowest BCUT2D eigenvalue weighted by atomic mass is 10.4. The van der Waals surface area contributed by atoms with Crippen LogP contribution in [0.25, 0.3) is 0 Å². The smallest absolute Gasteiger partial charge is 0.147 e. The van der Waals surface area contributed by atoms with Crippen LogP contribution in [0.4, 0.5) is 0 Å². The van der Waals surface area contributed by atoms with Crippen LogP contribution < -0.4 is 21.2 Å². The summed E-state index contributed by atoms with van der Waals surface area (Å²) in [6.45, 7) is 2.13. The van der Waals surface area contributed by atoms with E-state index in [0.717, 1.165) is 0 Å². The molecule has 1 aromatic rings. The average molecular weight is 232 g/mol. The van der Waals surface area contributed by atoms with E-state index in [0.29, 0.717) is 0 Å². The molecule has 0 nitrogen and oxygen atoms in total. The summed E-state index contributed by atoms with van der Waals surface area (Å²) in [4.78, 5) is 0. The molecule has 0 bridgehead atoms. The molecule has 0 aliphatic heterocycles. The molecule has 0 aliphatic carbocycles. The predicted octanol–water partition coefficient (Wildman–Crippen LogP) is -0.873. The molecule has 0 aromatic heterocycles. The van der Waals surface area contributed by atoms with Crippen molar-refractivity contribution in [2.45, 2.75) is 6.92 Å². The van der Waals surface area contributed by atoms with Gasteiger partial charge in [-0.2, -0.15) is 0 Å². The molecule has 0 spiro atoms. The maximum atomic E-state index is 2.27. The van der Waals surface area contributed by atoms with Crippen LogP contribution in [-0.2, 0) is 0 Å². The van der Waals surface area contributed by atoms with Crippen LogP contribution in [0.3, 0.4) is 0 Å². The van der Waals surface area contributed by atoms with E-state index in [-0.39, 0.29) is 21.2 Å². The Bertz CT molecular complexity index is 157. The van der Waals surface area contributed by atoms with Crippen molar-refractivity contribution < 1.29 is 21.2 Å². The molecule has 0 unspecified atom stereocenters. The van der Waals surface area contributed by atoms with Crippen molar-refractivity contribution in [2.75, 3.05) is 0 Å². The molecule has 9 heavy (non-hydrogen) atoms. The van der Waals surface area contributed by atoms with Gasteiger partial charge in [0.25, 0.3) is 0 Å². The fraction of sp³-hybridized carbons (Fsp3) is 0.125. The second-order valence-corrected chi connectivity index (χ2v) is 4.74. The van der Waals surface area contributed by atoms with E-state index < -0.39 is 0 Å². The van der Waals surface area contributed by atoms with Gasteiger partial charge in [0.05, 0.1) is 0 Å². The molecule has 0 saturated heterocycles. The van der Waals surface area contributed by atoms with E-state index in [1.54, 1.807) is 0 Å². The standard InChI is InChI=1S/C8H9I/c1-2-9-8-6-4-3-5-7-8/h2-7H,1H3. The minimum atomic E-state index is 0.205. The predicted molar refractivity (Wildman–Crippen MR) is 35.1 cm³/mol. The molecule has 0 fully saturated rings. The zero-order chi connectivity index (χ0) is 6.53. The Morgan fingerprint density at radius 3 is 2.44 bits per heavy atom. The molecule has 1 aromatic carbocycles. The number of halogens is 1. The van der Waals surface area contributed by atoms with Crippen molar-refractivity contribution >= 4 is 0 Å². The Morgan fingerprint density at radius 2 is 1.89 bits per heavy atom. The number of hydrogen-bond donors (Lipinski definition) is 0. The number of benzene rings is 1. The molecular weight excluding hydrogens is 223 g/mol. The van der Waals surface area contributed by atoms with Crippen molar-refractivity contribution in [3.8, 4) is 0 Å². The summed E-state index contributed by atoms with van der Waals surface area (Å²) in [5, 5.41) is 0. The first-order chi connectivity index (χ1) is 4.43. The van der Waals surface area contributed by atoms with Gasteiger partial charge < -0.3 is 0 Å². The summed E-state index contributed by atoms with van der Waals surface area (Å²) in [7, 11) is 0. The van der Waals surface area contributed by atoms with Gasteiger partial charge in [-0.05, 0) is 12.1 Å². The molecular formula is C8H9I. The van der Waals surface area contributed by atoms with Gasteiger partial charge in [0.1, 0.15) is 21.2 Å². The van der Waals surface area contributed by atoms with E-state index in [2.05, 4.69) is 41.7 Å². The second-order valence-electron chi connectivity index (χ2n) is 1.62. The van der Waals surface area contributed by atoms with Gasteiger partial charge >= 0.3 is 0 Å². The topological polar surface area (TPSA) is 0 Å². The SMILES string of the molecule is C[CH-][I+]c1ccccc1. The minimum Gasteiger partial charge on any atom is -0.147 e. The molecule has 0 atom stereocenters. The molecule has 48 valence electrons. The van der Waals surface area contributed by atoms with Gasteiger partial charge in [-0.15, -0.1) is 6.92 Å². The van der Waals surface area contributed by atoms with Gasteiger partial charge in [-0.1, -0.05) is 22.6 Å². The monoisotopic (exact) mass is 232 g/mol. The van der Waals surface area contributed by atoms with Crippen LogP contribution in [-0.4, -0.2) is 0 Å². The van der Waals surface area contributed by atoms with E-state index in [1.807, 2.05) is 0 Å². The van der Waals surface area contributed by atoms with Crippen molar-refractivity contribution in [2.24, 2.45) is 0 Å². The van der Waals surface area contributed by atoms with Crippen molar-refractivity contribution in [1.82, 2.24) is 0 Å². The zero-order valence-corrected chi connectivity index (χ0v) is 7.50. The Morgan fingerprint density at radius 1 is 1.22 bits per heavy atom. The molecule has 1 rings (SSSR count). The van der Waals surface area contributed by atoms with Crippen LogP contribution in [0.5, 0.6) is 0 Å². The van der Waals surface area contributed by atoms with Gasteiger partial charge in [0.15, 0.2) is 3.57 Å². The normalized spacial score (nSPS) is 9.44. The Labute approximate surface area is 66.5 Å². The summed E-state index contributed by atoms with van der Waals surface area (Å²) < 4.78 is 3.77. The van der Waals surface area contributed by atoms with Crippen LogP contribution in [0.2, 0.25) is 0 Å². The highest BCUT2D eigenvalue weighted by atomic mass is 127. The van der Waals surface area contributed by atoms with Gasteiger partial charge in [-0.3, -0.25) is 0 Å². The molecule has 0 N–H and O–H groups in total. The average Bonchev–Trinajstić information content (AvgIpc) is 1.91. The summed E-state index contributed by atoms with van der Waals surface area (Å²) in [6.07, 6.45) is 0. The summed E-state index contributed by atoms with van der Waals surface area (Å²) in [5.74, 6) is 0. The van der Waals surface area contributed by atoms with Crippen LogP contribution in [0.15, 0.2) is 30.3 Å². The third kappa shape index (κ3) is 2.35. The summed E-state index contributed by atoms with van der Waals surface area (Å²) in [6, 6.07) is 10.6. The Kier molecular flexibility index (Phi) is 3.04. The highest BCUT2D eigenvalue weighted by Crippen LogP contribution is 1.81. The van der Waals surface area contributed by atoms with Gasteiger partial charge in [-0.25, -0.2) is 0 Å². The van der Waals surface area contributed by atoms with Crippen LogP contribution >= 0.6 is 0 Å². The first-order valence-corrected chi connectivity index (χ1v) is 5.22. The lowest BCUT2D eigenvalue weighted by Crippen LogP contribution is -3.60. The molecule has 0 radical (unpaired) electrons. The third-order valence-corrected chi connectivity index (χ3v) is 3.03. The summed E-state index contributed by atoms with van der Waals surface area (Å²) >= 11 is 0.205. The highest BCUT2D eigenvalue weighted by molar-refractivity contribution is 4.99. The fourth-order valence-electron chi connectivity index (χ4n) is 0.613. The molecule has 0 aliphatic rings. The van der Waals surface area contributed by atoms with Crippen LogP contribution in [0, 0.1) is 8.00 Å². The largest absolute Gasteiger partial charge is 0.155 e. The first-order valence-electron chi connectivity index (χ1n) is 2.90. The lowest BCUT2D eigenvalue weighted by molar-refractivity contribution is -0.585. The molecule has 0 amide bonds. The van der Waals surface area contributed by atoms with E-state index >= 15 is 0 Å². The van der Waals surface area contributed by atoms with E-state index in [4.69, 9.17) is 0 Å². The maximum absolute atomic E-state index is 2.27. The highest BCUT2D eigenvalue weighted by Gasteiger charge is 1.94. The maximum Gasteiger partial charge on any atom is 0.155 e. The van der Waals surface area contributed by atoms with Gasteiger partial charge in [0.2, 0.25) is 0 Å². The molecule has 1 heteroatoms. The molecule has 0 heterocycles. The fourth-order valence-corrected chi connectivity index (χ4v) is 2.16. The lowest BCUT2D eigenvalue weighted by Gasteiger charge is -1.85. The number of hydrogen-bond acceptors (Lipinski definition) is 0. The Balaban J connectivity index is 2.61. The minimum absolute atomic E-state index is 0.205. The second kappa shape index (κ2) is 3.88. The zero-order valence-electron chi connectivity index (χ0n) is 5.34. The van der Waals surface area contributed by atoms with Crippen molar-refractivity contribution in [3.05, 3.63) is 38.3 Å². The summed E-state index contributed by atoms with van der Waals surface area (Å²) in [5.41, 5.74) is 0. The quantitative estimate of drug-likeness (QED) is 0.459. The number of rotatable bonds is 2. The van der Waals surface area contributed by atoms with Crippen molar-refractivity contribution in [1.29, 1.82) is 0 Å². The van der Waals surface area contributed by atoms with Crippen LogP contribution in [0.1, 0.15) is 6.92 Å². The molecule has 0 saturated carbocycles. The van der Waals surface area contributed by atoms with Crippen molar-refractivity contribution in [3.63, 3.8) is 0 Å². The van der Waals surface area contributed by atoms with E-state index in [1.165, 1.54) is 3.57 Å². The van der Waals surface area contributed by atoms with E-state index in [9.17, 15) is 0 Å². The van der Waals surface area contributed by atoms with Gasteiger partial charge in [0, 0.05) is 0 Å². The first kappa shape index (κ1) is 7.06. The third-order valence-electron chi connectivity index (χ3n) is 0.968. The Hall–Kier alpha value is -0.0500.